The summed E-state index contributed by atoms with van der Waals surface area (Å²) in [6.45, 7) is 2.87. The predicted octanol–water partition coefficient (Wildman–Crippen LogP) is 4.15. The highest BCUT2D eigenvalue weighted by Gasteiger charge is 2.34. The van der Waals surface area contributed by atoms with Crippen LogP contribution in [-0.4, -0.2) is 47.2 Å². The van der Waals surface area contributed by atoms with Crippen molar-refractivity contribution in [3.8, 4) is 0 Å². The van der Waals surface area contributed by atoms with E-state index in [4.69, 9.17) is 16.3 Å². The predicted molar refractivity (Wildman–Crippen MR) is 101 cm³/mol. The standard InChI is InChI=1S/C18H20ClFN4OS/c1-23-6-2-3-12(9-23)10-25-18-24(13-4-5-15(20)14(19)7-13)17-16(26-18)8-21-11-22-17/h4-5,7-8,11-12,18H,2-3,6,9-10H2,1H3. The average molecular weight is 395 g/mol. The van der Waals surface area contributed by atoms with Gasteiger partial charge in [-0.05, 0) is 50.6 Å². The lowest BCUT2D eigenvalue weighted by atomic mass is 10.00. The molecule has 8 heteroatoms. The summed E-state index contributed by atoms with van der Waals surface area (Å²) in [6.07, 6.45) is 5.67. The van der Waals surface area contributed by atoms with Crippen LogP contribution in [0.4, 0.5) is 15.9 Å². The zero-order chi connectivity index (χ0) is 18.1. The van der Waals surface area contributed by atoms with Gasteiger partial charge < -0.3 is 9.64 Å². The Hall–Kier alpha value is -1.41. The molecule has 1 fully saturated rings. The van der Waals surface area contributed by atoms with Crippen LogP contribution in [0.1, 0.15) is 12.8 Å². The van der Waals surface area contributed by atoms with Crippen LogP contribution in [0.5, 0.6) is 0 Å². The number of hydrogen-bond donors (Lipinski definition) is 0. The van der Waals surface area contributed by atoms with Gasteiger partial charge in [0, 0.05) is 18.4 Å². The summed E-state index contributed by atoms with van der Waals surface area (Å²) in [7, 11) is 2.15. The number of rotatable bonds is 4. The fraction of sp³-hybridized carbons (Fsp3) is 0.444. The summed E-state index contributed by atoms with van der Waals surface area (Å²) < 4.78 is 19.9. The van der Waals surface area contributed by atoms with Gasteiger partial charge in [-0.3, -0.25) is 4.90 Å². The second kappa shape index (κ2) is 7.68. The van der Waals surface area contributed by atoms with Gasteiger partial charge in [-0.2, -0.15) is 0 Å². The Labute approximate surface area is 161 Å². The number of hydrogen-bond acceptors (Lipinski definition) is 6. The maximum Gasteiger partial charge on any atom is 0.188 e. The van der Waals surface area contributed by atoms with E-state index >= 15 is 0 Å². The fourth-order valence-corrected chi connectivity index (χ4v) is 4.69. The van der Waals surface area contributed by atoms with E-state index in [1.807, 2.05) is 4.90 Å². The molecule has 0 bridgehead atoms. The largest absolute Gasteiger partial charge is 0.348 e. The highest BCUT2D eigenvalue weighted by atomic mass is 35.5. The number of halogens is 2. The zero-order valence-electron chi connectivity index (χ0n) is 14.4. The molecule has 0 amide bonds. The molecule has 1 aromatic carbocycles. The van der Waals surface area contributed by atoms with Crippen LogP contribution in [0.15, 0.2) is 35.6 Å². The zero-order valence-corrected chi connectivity index (χ0v) is 16.0. The van der Waals surface area contributed by atoms with Crippen LogP contribution < -0.4 is 4.90 Å². The summed E-state index contributed by atoms with van der Waals surface area (Å²) in [6, 6.07) is 4.68. The first-order valence-corrected chi connectivity index (χ1v) is 9.88. The Kier molecular flexibility index (Phi) is 5.31. The first kappa shape index (κ1) is 18.0. The molecule has 2 unspecified atom stereocenters. The van der Waals surface area contributed by atoms with Crippen LogP contribution in [0.2, 0.25) is 5.02 Å². The first-order valence-electron chi connectivity index (χ1n) is 8.63. The van der Waals surface area contributed by atoms with E-state index in [9.17, 15) is 4.39 Å². The second-order valence-corrected chi connectivity index (χ2v) is 8.19. The van der Waals surface area contributed by atoms with Crippen molar-refractivity contribution in [1.29, 1.82) is 0 Å². The van der Waals surface area contributed by atoms with Crippen LogP contribution in [-0.2, 0) is 4.74 Å². The lowest BCUT2D eigenvalue weighted by molar-refractivity contribution is 0.0568. The van der Waals surface area contributed by atoms with E-state index in [0.717, 1.165) is 29.5 Å². The summed E-state index contributed by atoms with van der Waals surface area (Å²) in [5, 5.41) is 0.0858. The van der Waals surface area contributed by atoms with Gasteiger partial charge in [0.2, 0.25) is 0 Å². The molecule has 0 N–H and O–H groups in total. The molecular formula is C18H20ClFN4OS. The third kappa shape index (κ3) is 3.67. The number of ether oxygens (including phenoxy) is 1. The molecule has 26 heavy (non-hydrogen) atoms. The lowest BCUT2D eigenvalue weighted by Crippen LogP contribution is -2.36. The number of aromatic nitrogens is 2. The highest BCUT2D eigenvalue weighted by Crippen LogP contribution is 2.46. The summed E-state index contributed by atoms with van der Waals surface area (Å²) in [4.78, 5) is 13.7. The topological polar surface area (TPSA) is 41.5 Å². The van der Waals surface area contributed by atoms with Gasteiger partial charge in [-0.1, -0.05) is 23.4 Å². The van der Waals surface area contributed by atoms with Gasteiger partial charge in [0.05, 0.1) is 16.5 Å². The molecule has 0 spiro atoms. The number of likely N-dealkylation sites (tertiary alicyclic amines) is 1. The maximum atomic E-state index is 13.6. The smallest absolute Gasteiger partial charge is 0.188 e. The van der Waals surface area contributed by atoms with Crippen LogP contribution in [0, 0.1) is 11.7 Å². The van der Waals surface area contributed by atoms with Gasteiger partial charge in [0.15, 0.2) is 11.4 Å². The maximum absolute atomic E-state index is 13.6. The molecule has 4 rings (SSSR count). The van der Waals surface area contributed by atoms with Crippen molar-refractivity contribution in [3.63, 3.8) is 0 Å². The Morgan fingerprint density at radius 1 is 1.42 bits per heavy atom. The molecule has 0 radical (unpaired) electrons. The van der Waals surface area contributed by atoms with Gasteiger partial charge >= 0.3 is 0 Å². The molecule has 3 heterocycles. The Morgan fingerprint density at radius 2 is 2.31 bits per heavy atom. The molecule has 0 saturated carbocycles. The number of anilines is 2. The summed E-state index contributed by atoms with van der Waals surface area (Å²) in [5.74, 6) is 0.842. The quantitative estimate of drug-likeness (QED) is 0.775. The normalized spacial score (nSPS) is 23.3. The average Bonchev–Trinajstić information content (AvgIpc) is 3.01. The molecule has 5 nitrogen and oxygen atoms in total. The minimum atomic E-state index is -0.437. The first-order chi connectivity index (χ1) is 12.6. The molecular weight excluding hydrogens is 375 g/mol. The molecule has 2 aliphatic heterocycles. The Bertz CT molecular complexity index is 796. The van der Waals surface area contributed by atoms with Crippen molar-refractivity contribution in [2.45, 2.75) is 23.3 Å². The summed E-state index contributed by atoms with van der Waals surface area (Å²) in [5.41, 5.74) is 0.488. The number of benzene rings is 1. The summed E-state index contributed by atoms with van der Waals surface area (Å²) >= 11 is 7.56. The third-order valence-electron chi connectivity index (χ3n) is 4.70. The van der Waals surface area contributed by atoms with Crippen molar-refractivity contribution in [2.24, 2.45) is 5.92 Å². The SMILES string of the molecule is CN1CCCC(COC2Sc3cncnc3N2c2ccc(F)c(Cl)c2)C1. The van der Waals surface area contributed by atoms with Crippen molar-refractivity contribution in [3.05, 3.63) is 41.6 Å². The number of nitrogens with zero attached hydrogens (tertiary/aromatic N) is 4. The Balaban J connectivity index is 1.56. The van der Waals surface area contributed by atoms with Crippen LogP contribution in [0.25, 0.3) is 0 Å². The molecule has 1 aromatic heterocycles. The van der Waals surface area contributed by atoms with E-state index in [1.54, 1.807) is 30.1 Å². The molecule has 2 aromatic rings. The van der Waals surface area contributed by atoms with Crippen molar-refractivity contribution in [2.75, 3.05) is 31.6 Å². The molecule has 2 aliphatic rings. The molecule has 2 atom stereocenters. The van der Waals surface area contributed by atoms with E-state index in [-0.39, 0.29) is 10.6 Å². The van der Waals surface area contributed by atoms with Gasteiger partial charge in [0.1, 0.15) is 12.1 Å². The Morgan fingerprint density at radius 3 is 3.12 bits per heavy atom. The molecule has 138 valence electrons. The number of thioether (sulfide) groups is 1. The minimum Gasteiger partial charge on any atom is -0.348 e. The number of piperidine rings is 1. The van der Waals surface area contributed by atoms with Gasteiger partial charge in [0.25, 0.3) is 0 Å². The second-order valence-electron chi connectivity index (χ2n) is 6.71. The van der Waals surface area contributed by atoms with E-state index in [2.05, 4.69) is 21.9 Å². The van der Waals surface area contributed by atoms with E-state index in [0.29, 0.717) is 12.5 Å². The highest BCUT2D eigenvalue weighted by molar-refractivity contribution is 8.00. The van der Waals surface area contributed by atoms with Crippen molar-refractivity contribution in [1.82, 2.24) is 14.9 Å². The van der Waals surface area contributed by atoms with Crippen LogP contribution >= 0.6 is 23.4 Å². The molecule has 0 aliphatic carbocycles. The fourth-order valence-electron chi connectivity index (χ4n) is 3.45. The van der Waals surface area contributed by atoms with Crippen molar-refractivity contribution < 1.29 is 9.13 Å². The monoisotopic (exact) mass is 394 g/mol. The number of fused-ring (bicyclic) bond motifs is 1. The van der Waals surface area contributed by atoms with Crippen molar-refractivity contribution >= 4 is 34.9 Å². The lowest BCUT2D eigenvalue weighted by Gasteiger charge is -2.32. The van der Waals surface area contributed by atoms with Gasteiger partial charge in [-0.15, -0.1) is 0 Å². The van der Waals surface area contributed by atoms with E-state index < -0.39 is 5.82 Å². The third-order valence-corrected chi connectivity index (χ3v) is 6.08. The van der Waals surface area contributed by atoms with Crippen LogP contribution in [0.3, 0.4) is 0 Å². The minimum absolute atomic E-state index is 0.0858. The van der Waals surface area contributed by atoms with Gasteiger partial charge in [-0.25, -0.2) is 14.4 Å². The molecule has 1 saturated heterocycles. The van der Waals surface area contributed by atoms with E-state index in [1.165, 1.54) is 25.2 Å².